The number of phosphoric acid groups is 1. The first-order valence-electron chi connectivity index (χ1n) is 11.7. The molecule has 2 rings (SSSR count). The quantitative estimate of drug-likeness (QED) is 0.287. The van der Waals surface area contributed by atoms with Gasteiger partial charge in [0, 0.05) is 7.11 Å². The summed E-state index contributed by atoms with van der Waals surface area (Å²) in [5.74, 6) is 0.451. The summed E-state index contributed by atoms with van der Waals surface area (Å²) in [6.45, 7) is 21.2. The van der Waals surface area contributed by atoms with Gasteiger partial charge in [0.2, 0.25) is 0 Å². The molecule has 0 bridgehead atoms. The van der Waals surface area contributed by atoms with Gasteiger partial charge in [-0.05, 0) is 37.5 Å². The van der Waals surface area contributed by atoms with E-state index in [1.165, 1.54) is 7.11 Å². The number of rotatable bonds is 8. The zero-order chi connectivity index (χ0) is 25.5. The van der Waals surface area contributed by atoms with Crippen molar-refractivity contribution in [1.29, 1.82) is 0 Å². The van der Waals surface area contributed by atoms with E-state index >= 15 is 0 Å². The topological polar surface area (TPSA) is 44.8 Å². The lowest BCUT2D eigenvalue weighted by Crippen LogP contribution is -2.28. The zero-order valence-corrected chi connectivity index (χ0v) is 22.9. The summed E-state index contributed by atoms with van der Waals surface area (Å²) in [7, 11) is -2.40. The second kappa shape index (κ2) is 22.3. The van der Waals surface area contributed by atoms with Gasteiger partial charge in [-0.15, -0.1) is 6.58 Å². The van der Waals surface area contributed by atoms with Crippen LogP contribution in [-0.2, 0) is 19.2 Å². The van der Waals surface area contributed by atoms with Crippen LogP contribution < -0.4 is 4.52 Å². The van der Waals surface area contributed by atoms with E-state index in [1.54, 1.807) is 30.3 Å². The number of allylic oxidation sites excluding steroid dienone is 1. The molecule has 0 N–H and O–H groups in total. The van der Waals surface area contributed by atoms with E-state index in [9.17, 15) is 4.57 Å². The van der Waals surface area contributed by atoms with Gasteiger partial charge in [-0.1, -0.05) is 110 Å². The lowest BCUT2D eigenvalue weighted by molar-refractivity contribution is 0.0200. The van der Waals surface area contributed by atoms with Gasteiger partial charge in [-0.3, -0.25) is 9.05 Å². The fraction of sp³-hybridized carbons (Fsp3) is 0.481. The molecule has 184 valence electrons. The zero-order valence-electron chi connectivity index (χ0n) is 22.1. The van der Waals surface area contributed by atoms with Crippen molar-refractivity contribution in [2.24, 2.45) is 0 Å². The molecular weight excluding hydrogens is 419 g/mol. The van der Waals surface area contributed by atoms with Gasteiger partial charge >= 0.3 is 7.82 Å². The van der Waals surface area contributed by atoms with Gasteiger partial charge in [0.25, 0.3) is 0 Å². The van der Waals surface area contributed by atoms with Gasteiger partial charge < -0.3 is 4.52 Å². The maximum absolute atomic E-state index is 13.0. The Bertz CT molecular complexity index is 683. The Hall–Kier alpha value is -1.87. The maximum Gasteiger partial charge on any atom is 0.530 e. The molecule has 2 aromatic rings. The van der Waals surface area contributed by atoms with Gasteiger partial charge in [-0.2, -0.15) is 0 Å². The van der Waals surface area contributed by atoms with Crippen LogP contribution >= 0.6 is 7.82 Å². The van der Waals surface area contributed by atoms with Crippen LogP contribution in [0.1, 0.15) is 80.7 Å². The van der Waals surface area contributed by atoms with Gasteiger partial charge in [0.05, 0.1) is 0 Å². The minimum Gasteiger partial charge on any atom is -0.404 e. The second-order valence-electron chi connectivity index (χ2n) is 5.60. The summed E-state index contributed by atoms with van der Waals surface area (Å²) in [4.78, 5) is 0. The Balaban J connectivity index is -0.000000822. The highest BCUT2D eigenvalue weighted by Crippen LogP contribution is 2.55. The van der Waals surface area contributed by atoms with Crippen LogP contribution in [0.25, 0.3) is 0 Å². The molecule has 0 saturated carbocycles. The Morgan fingerprint density at radius 2 is 1.22 bits per heavy atom. The number of phosphoric ester groups is 1. The summed E-state index contributed by atoms with van der Waals surface area (Å²) >= 11 is 0. The molecule has 4 nitrogen and oxygen atoms in total. The van der Waals surface area contributed by atoms with Gasteiger partial charge in [0.1, 0.15) is 11.4 Å². The second-order valence-corrected chi connectivity index (χ2v) is 7.23. The Morgan fingerprint density at radius 1 is 0.844 bits per heavy atom. The average molecular weight is 467 g/mol. The van der Waals surface area contributed by atoms with Crippen LogP contribution in [0.3, 0.4) is 0 Å². The molecule has 0 heterocycles. The highest BCUT2D eigenvalue weighted by Gasteiger charge is 2.41. The van der Waals surface area contributed by atoms with Crippen LogP contribution in [0.2, 0.25) is 0 Å². The fourth-order valence-corrected chi connectivity index (χ4v) is 3.86. The highest BCUT2D eigenvalue weighted by atomic mass is 31.2. The third-order valence-corrected chi connectivity index (χ3v) is 5.37. The fourth-order valence-electron chi connectivity index (χ4n) is 2.50. The summed E-state index contributed by atoms with van der Waals surface area (Å²) < 4.78 is 29.6. The molecule has 32 heavy (non-hydrogen) atoms. The molecular formula is C27H47O4P. The van der Waals surface area contributed by atoms with Crippen LogP contribution in [0.15, 0.2) is 73.3 Å². The highest BCUT2D eigenvalue weighted by molar-refractivity contribution is 7.48. The molecule has 1 atom stereocenters. The van der Waals surface area contributed by atoms with E-state index in [4.69, 9.17) is 13.6 Å². The van der Waals surface area contributed by atoms with E-state index in [-0.39, 0.29) is 0 Å². The lowest BCUT2D eigenvalue weighted by Gasteiger charge is -2.34. The SMILES string of the molecule is C=CC.CC.CC.CC.CCC(CC)(OP(=O)(OC)Oc1ccccc1)c1ccccc1. The molecule has 0 aliphatic rings. The molecule has 1 unspecified atom stereocenters. The summed E-state index contributed by atoms with van der Waals surface area (Å²) in [6.07, 6.45) is 3.05. The summed E-state index contributed by atoms with van der Waals surface area (Å²) in [6, 6.07) is 18.7. The van der Waals surface area contributed by atoms with Crippen LogP contribution in [0, 0.1) is 0 Å². The molecule has 0 aromatic heterocycles. The van der Waals surface area contributed by atoms with Crippen molar-refractivity contribution in [3.8, 4) is 5.75 Å². The van der Waals surface area contributed by atoms with E-state index in [0.29, 0.717) is 18.6 Å². The first-order chi connectivity index (χ1) is 15.5. The number of benzene rings is 2. The summed E-state index contributed by atoms with van der Waals surface area (Å²) in [5, 5.41) is 0. The van der Waals surface area contributed by atoms with E-state index < -0.39 is 13.4 Å². The van der Waals surface area contributed by atoms with Crippen molar-refractivity contribution < 1.29 is 18.1 Å². The molecule has 0 aliphatic carbocycles. The van der Waals surface area contributed by atoms with Crippen molar-refractivity contribution >= 4 is 7.82 Å². The van der Waals surface area contributed by atoms with E-state index in [0.717, 1.165) is 5.56 Å². The molecule has 5 heteroatoms. The van der Waals surface area contributed by atoms with Crippen LogP contribution in [0.4, 0.5) is 0 Å². The average Bonchev–Trinajstić information content (AvgIpc) is 2.88. The maximum atomic E-state index is 13.0. The first-order valence-corrected chi connectivity index (χ1v) is 13.2. The van der Waals surface area contributed by atoms with Crippen molar-refractivity contribution in [3.63, 3.8) is 0 Å². The Morgan fingerprint density at radius 3 is 1.56 bits per heavy atom. The molecule has 0 amide bonds. The Kier molecular flexibility index (Phi) is 24.2. The number of hydrogen-bond donors (Lipinski definition) is 0. The number of para-hydroxylation sites is 1. The molecule has 0 spiro atoms. The van der Waals surface area contributed by atoms with E-state index in [2.05, 4.69) is 6.58 Å². The largest absolute Gasteiger partial charge is 0.530 e. The van der Waals surface area contributed by atoms with Crippen molar-refractivity contribution in [2.45, 2.75) is 80.8 Å². The Labute approximate surface area is 198 Å². The standard InChI is InChI=1S/C18H23O4P.C3H6.3C2H6/c1-4-18(5-2,16-12-8-6-9-13-16)22-23(19,20-3)21-17-14-10-7-11-15-17;1-3-2;3*1-2/h6-15H,4-5H2,1-3H3;3H,1H2,2H3;3*1-2H3. The minimum absolute atomic E-state index is 0.451. The predicted molar refractivity (Wildman–Crippen MR) is 141 cm³/mol. The predicted octanol–water partition coefficient (Wildman–Crippen LogP) is 9.82. The molecule has 0 saturated heterocycles. The van der Waals surface area contributed by atoms with Crippen LogP contribution in [-0.4, -0.2) is 7.11 Å². The van der Waals surface area contributed by atoms with Gasteiger partial charge in [0.15, 0.2) is 0 Å². The molecule has 2 aromatic carbocycles. The first kappa shape index (κ1) is 34.7. The smallest absolute Gasteiger partial charge is 0.404 e. The summed E-state index contributed by atoms with van der Waals surface area (Å²) in [5.41, 5.74) is 0.237. The van der Waals surface area contributed by atoms with Crippen molar-refractivity contribution in [3.05, 3.63) is 78.9 Å². The van der Waals surface area contributed by atoms with E-state index in [1.807, 2.05) is 98.7 Å². The third-order valence-electron chi connectivity index (χ3n) is 3.91. The van der Waals surface area contributed by atoms with Crippen LogP contribution in [0.5, 0.6) is 5.75 Å². The molecule has 0 fully saturated rings. The normalized spacial score (nSPS) is 11.2. The monoisotopic (exact) mass is 466 g/mol. The molecule has 0 aliphatic heterocycles. The van der Waals surface area contributed by atoms with Crippen molar-refractivity contribution in [1.82, 2.24) is 0 Å². The van der Waals surface area contributed by atoms with Gasteiger partial charge in [-0.25, -0.2) is 4.57 Å². The minimum atomic E-state index is -3.74. The van der Waals surface area contributed by atoms with Crippen molar-refractivity contribution in [2.75, 3.05) is 7.11 Å². The third kappa shape index (κ3) is 12.9. The number of hydrogen-bond acceptors (Lipinski definition) is 4. The lowest BCUT2D eigenvalue weighted by atomic mass is 9.89. The molecule has 0 radical (unpaired) electrons.